The molecule has 0 aromatic carbocycles. The molecular formula is C12H20N4O3. The fraction of sp³-hybridized carbons (Fsp3) is 0.750. The summed E-state index contributed by atoms with van der Waals surface area (Å²) < 4.78 is 6.66. The van der Waals surface area contributed by atoms with Crippen molar-refractivity contribution in [1.82, 2.24) is 20.3 Å². The van der Waals surface area contributed by atoms with Crippen molar-refractivity contribution in [3.05, 3.63) is 11.9 Å². The summed E-state index contributed by atoms with van der Waals surface area (Å²) in [7, 11) is 1.73. The molecular weight excluding hydrogens is 248 g/mol. The van der Waals surface area contributed by atoms with Crippen LogP contribution in [0.2, 0.25) is 0 Å². The van der Waals surface area contributed by atoms with E-state index in [-0.39, 0.29) is 5.69 Å². The molecule has 0 unspecified atom stereocenters. The number of hydrogen-bond donors (Lipinski definition) is 2. The molecule has 7 nitrogen and oxygen atoms in total. The van der Waals surface area contributed by atoms with E-state index in [1.807, 2.05) is 0 Å². The molecule has 0 spiro atoms. The lowest BCUT2D eigenvalue weighted by Gasteiger charge is -2.15. The minimum atomic E-state index is -1.05. The van der Waals surface area contributed by atoms with Gasteiger partial charge in [0.25, 0.3) is 0 Å². The SMILES string of the molecule is COCCC1(CNCCn2cc(C(=O)O)nn2)CC1. The normalized spacial score (nSPS) is 16.5. The highest BCUT2D eigenvalue weighted by Gasteiger charge is 2.41. The lowest BCUT2D eigenvalue weighted by Crippen LogP contribution is -2.28. The van der Waals surface area contributed by atoms with Crippen molar-refractivity contribution in [3.63, 3.8) is 0 Å². The predicted octanol–water partition coefficient (Wildman–Crippen LogP) is 0.383. The van der Waals surface area contributed by atoms with Crippen LogP contribution in [0.5, 0.6) is 0 Å². The zero-order valence-electron chi connectivity index (χ0n) is 11.1. The van der Waals surface area contributed by atoms with Gasteiger partial charge in [-0.25, -0.2) is 4.79 Å². The molecule has 0 radical (unpaired) electrons. The third-order valence-electron chi connectivity index (χ3n) is 3.57. The van der Waals surface area contributed by atoms with E-state index in [1.54, 1.807) is 11.8 Å². The molecule has 2 rings (SSSR count). The maximum absolute atomic E-state index is 10.6. The second-order valence-corrected chi connectivity index (χ2v) is 5.09. The summed E-state index contributed by atoms with van der Waals surface area (Å²) in [6.07, 6.45) is 5.07. The number of rotatable bonds is 9. The van der Waals surface area contributed by atoms with Crippen LogP contribution < -0.4 is 5.32 Å². The second-order valence-electron chi connectivity index (χ2n) is 5.09. The van der Waals surface area contributed by atoms with Gasteiger partial charge in [0.05, 0.1) is 12.7 Å². The Bertz CT molecular complexity index is 428. The molecule has 7 heteroatoms. The molecule has 0 bridgehead atoms. The Morgan fingerprint density at radius 3 is 3.00 bits per heavy atom. The topological polar surface area (TPSA) is 89.3 Å². The van der Waals surface area contributed by atoms with E-state index in [2.05, 4.69) is 15.6 Å². The van der Waals surface area contributed by atoms with Crippen molar-refractivity contribution in [3.8, 4) is 0 Å². The lowest BCUT2D eigenvalue weighted by molar-refractivity contribution is 0.0690. The van der Waals surface area contributed by atoms with Crippen LogP contribution in [0.25, 0.3) is 0 Å². The van der Waals surface area contributed by atoms with E-state index in [1.165, 1.54) is 19.0 Å². The number of methoxy groups -OCH3 is 1. The number of carboxylic acid groups (broad SMARTS) is 1. The first kappa shape index (κ1) is 14.0. The molecule has 1 fully saturated rings. The van der Waals surface area contributed by atoms with E-state index in [4.69, 9.17) is 9.84 Å². The van der Waals surface area contributed by atoms with Crippen molar-refractivity contribution < 1.29 is 14.6 Å². The minimum Gasteiger partial charge on any atom is -0.476 e. The Morgan fingerprint density at radius 2 is 2.42 bits per heavy atom. The molecule has 0 amide bonds. The first-order valence-electron chi connectivity index (χ1n) is 6.48. The van der Waals surface area contributed by atoms with Gasteiger partial charge in [0.1, 0.15) is 0 Å². The van der Waals surface area contributed by atoms with E-state index < -0.39 is 5.97 Å². The molecule has 19 heavy (non-hydrogen) atoms. The largest absolute Gasteiger partial charge is 0.476 e. The number of ether oxygens (including phenoxy) is 1. The molecule has 0 atom stereocenters. The second kappa shape index (κ2) is 6.12. The van der Waals surface area contributed by atoms with Crippen molar-refractivity contribution in [2.75, 3.05) is 26.8 Å². The average molecular weight is 268 g/mol. The number of hydrogen-bond acceptors (Lipinski definition) is 5. The standard InChI is InChI=1S/C12H20N4O3/c1-19-7-4-12(2-3-12)9-13-5-6-16-8-10(11(17)18)14-15-16/h8,13H,2-7,9H2,1H3,(H,17,18). The van der Waals surface area contributed by atoms with E-state index in [0.29, 0.717) is 12.0 Å². The summed E-state index contributed by atoms with van der Waals surface area (Å²) in [5.74, 6) is -1.05. The van der Waals surface area contributed by atoms with Gasteiger partial charge in [-0.15, -0.1) is 5.10 Å². The fourth-order valence-electron chi connectivity index (χ4n) is 2.06. The molecule has 1 aliphatic rings. The number of nitrogens with zero attached hydrogens (tertiary/aromatic N) is 3. The van der Waals surface area contributed by atoms with Gasteiger partial charge in [-0.2, -0.15) is 0 Å². The number of carboxylic acids is 1. The zero-order chi connectivity index (χ0) is 13.7. The van der Waals surface area contributed by atoms with E-state index >= 15 is 0 Å². The molecule has 1 saturated carbocycles. The Labute approximate surface area is 111 Å². The molecule has 1 aromatic heterocycles. The smallest absolute Gasteiger partial charge is 0.358 e. The molecule has 0 saturated heterocycles. The van der Waals surface area contributed by atoms with Gasteiger partial charge in [-0.05, 0) is 24.7 Å². The highest BCUT2D eigenvalue weighted by atomic mass is 16.5. The van der Waals surface area contributed by atoms with Gasteiger partial charge >= 0.3 is 5.97 Å². The number of aromatic carboxylic acids is 1. The summed E-state index contributed by atoms with van der Waals surface area (Å²) in [5.41, 5.74) is 0.406. The van der Waals surface area contributed by atoms with Crippen molar-refractivity contribution in [2.45, 2.75) is 25.8 Å². The molecule has 106 valence electrons. The van der Waals surface area contributed by atoms with E-state index in [0.717, 1.165) is 26.1 Å². The summed E-state index contributed by atoms with van der Waals surface area (Å²) in [4.78, 5) is 10.6. The minimum absolute atomic E-state index is 0.0150. The monoisotopic (exact) mass is 268 g/mol. The molecule has 1 aliphatic carbocycles. The Balaban J connectivity index is 1.65. The predicted molar refractivity (Wildman–Crippen MR) is 68.0 cm³/mol. The Morgan fingerprint density at radius 1 is 1.63 bits per heavy atom. The maximum atomic E-state index is 10.6. The van der Waals surface area contributed by atoms with Crippen molar-refractivity contribution in [2.24, 2.45) is 5.41 Å². The van der Waals surface area contributed by atoms with Crippen molar-refractivity contribution in [1.29, 1.82) is 0 Å². The van der Waals surface area contributed by atoms with Crippen LogP contribution in [-0.2, 0) is 11.3 Å². The highest BCUT2D eigenvalue weighted by molar-refractivity contribution is 5.84. The Hall–Kier alpha value is -1.47. The quantitative estimate of drug-likeness (QED) is 0.629. The molecule has 1 aromatic rings. The Kier molecular flexibility index (Phi) is 4.49. The number of aromatic nitrogens is 3. The van der Waals surface area contributed by atoms with Crippen LogP contribution >= 0.6 is 0 Å². The van der Waals surface area contributed by atoms with Gasteiger partial charge in [0.15, 0.2) is 5.69 Å². The number of nitrogens with one attached hydrogen (secondary N) is 1. The van der Waals surface area contributed by atoms with Crippen LogP contribution in [0.15, 0.2) is 6.20 Å². The van der Waals surface area contributed by atoms with Crippen LogP contribution in [0.4, 0.5) is 0 Å². The van der Waals surface area contributed by atoms with Crippen LogP contribution in [-0.4, -0.2) is 52.9 Å². The summed E-state index contributed by atoms with van der Waals surface area (Å²) in [5, 5.41) is 19.4. The van der Waals surface area contributed by atoms with Crippen LogP contribution in [0.3, 0.4) is 0 Å². The fourth-order valence-corrected chi connectivity index (χ4v) is 2.06. The summed E-state index contributed by atoms with van der Waals surface area (Å²) >= 11 is 0. The third-order valence-corrected chi connectivity index (χ3v) is 3.57. The first-order chi connectivity index (χ1) is 9.15. The van der Waals surface area contributed by atoms with Gasteiger partial charge in [0.2, 0.25) is 0 Å². The average Bonchev–Trinajstić information content (AvgIpc) is 2.99. The third kappa shape index (κ3) is 4.00. The highest BCUT2D eigenvalue weighted by Crippen LogP contribution is 2.48. The van der Waals surface area contributed by atoms with Crippen LogP contribution in [0, 0.1) is 5.41 Å². The summed E-state index contributed by atoms with van der Waals surface area (Å²) in [6, 6.07) is 0. The van der Waals surface area contributed by atoms with Crippen LogP contribution in [0.1, 0.15) is 29.8 Å². The van der Waals surface area contributed by atoms with Gasteiger partial charge in [-0.3, -0.25) is 4.68 Å². The van der Waals surface area contributed by atoms with Gasteiger partial charge in [0, 0.05) is 26.8 Å². The van der Waals surface area contributed by atoms with Gasteiger partial charge in [-0.1, -0.05) is 5.21 Å². The molecule has 1 heterocycles. The van der Waals surface area contributed by atoms with Crippen molar-refractivity contribution >= 4 is 5.97 Å². The zero-order valence-corrected chi connectivity index (χ0v) is 11.1. The molecule has 0 aliphatic heterocycles. The first-order valence-corrected chi connectivity index (χ1v) is 6.48. The summed E-state index contributed by atoms with van der Waals surface area (Å²) in [6.45, 7) is 3.18. The molecule has 2 N–H and O–H groups in total. The maximum Gasteiger partial charge on any atom is 0.358 e. The lowest BCUT2D eigenvalue weighted by atomic mass is 10.0. The number of carbonyl (C=O) groups is 1. The van der Waals surface area contributed by atoms with Gasteiger partial charge < -0.3 is 15.2 Å². The van der Waals surface area contributed by atoms with E-state index in [9.17, 15) is 4.79 Å².